The summed E-state index contributed by atoms with van der Waals surface area (Å²) in [5.41, 5.74) is 5.75. The minimum absolute atomic E-state index is 0.332. The monoisotopic (exact) mass is 205 g/mol. The largest absolute Gasteiger partial charge is 0.403 e. The van der Waals surface area contributed by atoms with Crippen molar-refractivity contribution in [2.45, 2.75) is 25.9 Å². The third kappa shape index (κ3) is 5.38. The van der Waals surface area contributed by atoms with Gasteiger partial charge in [0.2, 0.25) is 0 Å². The van der Waals surface area contributed by atoms with E-state index in [9.17, 15) is 0 Å². The molecule has 1 atom stereocenters. The van der Waals surface area contributed by atoms with Gasteiger partial charge in [-0.15, -0.1) is 0 Å². The van der Waals surface area contributed by atoms with Gasteiger partial charge in [0.1, 0.15) is 0 Å². The first-order valence-corrected chi connectivity index (χ1v) is 6.16. The number of hydrogen-bond acceptors (Lipinski definition) is 4. The van der Waals surface area contributed by atoms with E-state index in [0.717, 1.165) is 13.0 Å². The summed E-state index contributed by atoms with van der Waals surface area (Å²) in [7, 11) is 0.542. The van der Waals surface area contributed by atoms with Gasteiger partial charge in [-0.05, 0) is 13.3 Å². The molecule has 13 heavy (non-hydrogen) atoms. The summed E-state index contributed by atoms with van der Waals surface area (Å²) < 4.78 is 10.8. The molecule has 1 unspecified atom stereocenters. The van der Waals surface area contributed by atoms with E-state index in [0.29, 0.717) is 18.8 Å². The van der Waals surface area contributed by atoms with Crippen molar-refractivity contribution in [2.75, 3.05) is 26.8 Å². The van der Waals surface area contributed by atoms with Crippen LogP contribution in [0.2, 0.25) is 0 Å². The highest BCUT2D eigenvalue weighted by molar-refractivity contribution is 6.46. The van der Waals surface area contributed by atoms with E-state index < -0.39 is 9.28 Å². The second-order valence-electron chi connectivity index (χ2n) is 2.66. The van der Waals surface area contributed by atoms with Crippen molar-refractivity contribution in [3.63, 3.8) is 0 Å². The molecule has 5 heteroatoms. The summed E-state index contributed by atoms with van der Waals surface area (Å²) >= 11 is 0. The van der Waals surface area contributed by atoms with E-state index in [1.165, 1.54) is 0 Å². The molecule has 0 saturated carbocycles. The van der Waals surface area contributed by atoms with Gasteiger partial charge in [-0.2, -0.15) is 0 Å². The zero-order valence-electron chi connectivity index (χ0n) is 8.80. The molecule has 0 rings (SSSR count). The molecule has 0 saturated heterocycles. The Bertz CT molecular complexity index is 116. The van der Waals surface area contributed by atoms with Crippen LogP contribution in [0, 0.1) is 0 Å². The van der Waals surface area contributed by atoms with Gasteiger partial charge in [0.25, 0.3) is 0 Å². The first kappa shape index (κ1) is 13.1. The lowest BCUT2D eigenvalue weighted by molar-refractivity contribution is 0.224. The van der Waals surface area contributed by atoms with E-state index in [1.807, 2.05) is 6.92 Å². The fourth-order valence-electron chi connectivity index (χ4n) is 1.10. The first-order valence-electron chi connectivity index (χ1n) is 4.77. The van der Waals surface area contributed by atoms with Gasteiger partial charge < -0.3 is 19.9 Å². The number of hydrogen-bond donors (Lipinski definition) is 2. The molecule has 0 aliphatic carbocycles. The van der Waals surface area contributed by atoms with Crippen molar-refractivity contribution in [3.8, 4) is 0 Å². The smallest absolute Gasteiger partial charge is 0.396 e. The molecule has 0 spiro atoms. The van der Waals surface area contributed by atoms with E-state index in [-0.39, 0.29) is 0 Å². The van der Waals surface area contributed by atoms with Crippen molar-refractivity contribution in [3.05, 3.63) is 0 Å². The molecule has 0 bridgehead atoms. The average molecular weight is 205 g/mol. The number of rotatable bonds is 8. The van der Waals surface area contributed by atoms with Gasteiger partial charge in [0.05, 0.1) is 5.67 Å². The Balaban J connectivity index is 3.84. The van der Waals surface area contributed by atoms with Gasteiger partial charge in [-0.3, -0.25) is 0 Å². The highest BCUT2D eigenvalue weighted by atomic mass is 28.3. The predicted octanol–water partition coefficient (Wildman–Crippen LogP) is 0.0236. The predicted molar refractivity (Wildman–Crippen MR) is 55.5 cm³/mol. The van der Waals surface area contributed by atoms with Crippen LogP contribution in [0.1, 0.15) is 20.3 Å². The van der Waals surface area contributed by atoms with E-state index in [1.54, 1.807) is 7.11 Å². The van der Waals surface area contributed by atoms with Crippen LogP contribution < -0.4 is 11.1 Å². The highest BCUT2D eigenvalue weighted by Gasteiger charge is 2.24. The van der Waals surface area contributed by atoms with Crippen LogP contribution >= 0.6 is 0 Å². The van der Waals surface area contributed by atoms with Crippen molar-refractivity contribution >= 4 is 9.28 Å². The summed E-state index contributed by atoms with van der Waals surface area (Å²) in [6.07, 6.45) is 1.02. The Labute approximate surface area is 82.6 Å². The normalized spacial score (nSPS) is 13.6. The topological polar surface area (TPSA) is 56.5 Å². The fraction of sp³-hybridized carbons (Fsp3) is 1.00. The number of nitrogens with two attached hydrogens (primary N) is 1. The van der Waals surface area contributed by atoms with Gasteiger partial charge in [-0.25, -0.2) is 0 Å². The molecule has 0 aromatic heterocycles. The first-order chi connectivity index (χ1) is 6.29. The zero-order chi connectivity index (χ0) is 10.1. The van der Waals surface area contributed by atoms with Crippen LogP contribution in [0.15, 0.2) is 0 Å². The third-order valence-electron chi connectivity index (χ3n) is 1.72. The molecule has 4 nitrogen and oxygen atoms in total. The van der Waals surface area contributed by atoms with Crippen molar-refractivity contribution in [2.24, 2.45) is 5.73 Å². The molecule has 3 N–H and O–H groups in total. The Hall–Kier alpha value is 0.0569. The van der Waals surface area contributed by atoms with Crippen molar-refractivity contribution < 1.29 is 8.85 Å². The minimum Gasteiger partial charge on any atom is -0.396 e. The minimum atomic E-state index is -1.16. The second-order valence-corrected chi connectivity index (χ2v) is 4.69. The van der Waals surface area contributed by atoms with Crippen LogP contribution in [-0.2, 0) is 8.85 Å². The van der Waals surface area contributed by atoms with Crippen LogP contribution in [0.25, 0.3) is 0 Å². The quantitative estimate of drug-likeness (QED) is 0.549. The van der Waals surface area contributed by atoms with Crippen molar-refractivity contribution in [1.29, 1.82) is 0 Å². The standard InChI is InChI=1S/C8H21N2O2Si/c1-4-8(10-7-6-9)13(11-3)12-5-2/h8,10H,4-7,9H2,1-3H3. The van der Waals surface area contributed by atoms with Gasteiger partial charge in [0.15, 0.2) is 0 Å². The molecular weight excluding hydrogens is 184 g/mol. The Kier molecular flexibility index (Phi) is 8.68. The molecule has 0 fully saturated rings. The molecule has 0 aliphatic rings. The van der Waals surface area contributed by atoms with Crippen LogP contribution in [-0.4, -0.2) is 41.8 Å². The Morgan fingerprint density at radius 2 is 2.15 bits per heavy atom. The van der Waals surface area contributed by atoms with Crippen LogP contribution in [0.4, 0.5) is 0 Å². The lowest BCUT2D eigenvalue weighted by Gasteiger charge is -2.21. The summed E-state index contributed by atoms with van der Waals surface area (Å²) in [6, 6.07) is 0. The highest BCUT2D eigenvalue weighted by Crippen LogP contribution is 1.99. The average Bonchev–Trinajstić information content (AvgIpc) is 2.17. The van der Waals surface area contributed by atoms with Gasteiger partial charge in [0, 0.05) is 26.8 Å². The van der Waals surface area contributed by atoms with Gasteiger partial charge in [-0.1, -0.05) is 6.92 Å². The van der Waals surface area contributed by atoms with E-state index >= 15 is 0 Å². The maximum absolute atomic E-state index is 5.52. The molecule has 0 heterocycles. The maximum atomic E-state index is 5.52. The summed E-state index contributed by atoms with van der Waals surface area (Å²) in [6.45, 7) is 6.30. The molecule has 0 aromatic carbocycles. The maximum Gasteiger partial charge on any atom is 0.403 e. The third-order valence-corrected chi connectivity index (χ3v) is 3.87. The lowest BCUT2D eigenvalue weighted by Crippen LogP contribution is -2.47. The van der Waals surface area contributed by atoms with Crippen molar-refractivity contribution in [1.82, 2.24) is 5.32 Å². The zero-order valence-corrected chi connectivity index (χ0v) is 9.80. The van der Waals surface area contributed by atoms with Gasteiger partial charge >= 0.3 is 9.28 Å². The summed E-state index contributed by atoms with van der Waals surface area (Å²) in [4.78, 5) is 0. The second kappa shape index (κ2) is 8.65. The van der Waals surface area contributed by atoms with Crippen LogP contribution in [0.5, 0.6) is 0 Å². The SMILES string of the molecule is CCO[Si](OC)C(CC)NCCN. The Morgan fingerprint density at radius 1 is 1.46 bits per heavy atom. The fourth-order valence-corrected chi connectivity index (χ4v) is 2.63. The number of nitrogens with one attached hydrogen (secondary N) is 1. The Morgan fingerprint density at radius 3 is 2.54 bits per heavy atom. The van der Waals surface area contributed by atoms with E-state index in [4.69, 9.17) is 14.6 Å². The molecule has 79 valence electrons. The van der Waals surface area contributed by atoms with Crippen LogP contribution in [0.3, 0.4) is 0 Å². The summed E-state index contributed by atoms with van der Waals surface area (Å²) in [5, 5.41) is 3.33. The molecular formula is C8H21N2O2Si. The lowest BCUT2D eigenvalue weighted by atomic mass is 10.4. The summed E-state index contributed by atoms with van der Waals surface area (Å²) in [5.74, 6) is 0. The molecule has 1 radical (unpaired) electrons. The molecule has 0 amide bonds. The molecule has 0 aromatic rings. The van der Waals surface area contributed by atoms with E-state index in [2.05, 4.69) is 12.2 Å². The molecule has 0 aliphatic heterocycles.